The minimum atomic E-state index is -0.273. The first kappa shape index (κ1) is 15.2. The molecule has 1 heterocycles. The molecule has 0 saturated carbocycles. The SMILES string of the molecule is Cc1ccc(NC(=O)c2ccc3c(=O)[nH]c(=S)[nH]c3c2)c(C)c1. The Morgan fingerprint density at radius 3 is 2.61 bits per heavy atom. The molecule has 0 bridgehead atoms. The average molecular weight is 325 g/mol. The molecule has 3 aromatic rings. The van der Waals surface area contributed by atoms with E-state index in [1.54, 1.807) is 18.2 Å². The lowest BCUT2D eigenvalue weighted by Gasteiger charge is -2.09. The average Bonchev–Trinajstić information content (AvgIpc) is 2.49. The minimum Gasteiger partial charge on any atom is -0.332 e. The van der Waals surface area contributed by atoms with Crippen molar-refractivity contribution in [2.45, 2.75) is 13.8 Å². The van der Waals surface area contributed by atoms with Crippen LogP contribution in [0.3, 0.4) is 0 Å². The third kappa shape index (κ3) is 3.07. The van der Waals surface area contributed by atoms with Gasteiger partial charge in [-0.3, -0.25) is 14.6 Å². The molecule has 0 aliphatic rings. The van der Waals surface area contributed by atoms with Crippen molar-refractivity contribution in [2.75, 3.05) is 5.32 Å². The molecule has 23 heavy (non-hydrogen) atoms. The van der Waals surface area contributed by atoms with E-state index in [-0.39, 0.29) is 16.2 Å². The van der Waals surface area contributed by atoms with E-state index < -0.39 is 0 Å². The number of carbonyl (C=O) groups is 1. The van der Waals surface area contributed by atoms with Crippen LogP contribution in [0.15, 0.2) is 41.2 Å². The molecule has 1 amide bonds. The first-order chi connectivity index (χ1) is 10.9. The summed E-state index contributed by atoms with van der Waals surface area (Å²) in [6, 6.07) is 10.7. The highest BCUT2D eigenvalue weighted by atomic mass is 32.1. The fourth-order valence-electron chi connectivity index (χ4n) is 2.46. The van der Waals surface area contributed by atoms with E-state index in [2.05, 4.69) is 15.3 Å². The highest BCUT2D eigenvalue weighted by Crippen LogP contribution is 2.18. The van der Waals surface area contributed by atoms with E-state index >= 15 is 0 Å². The zero-order valence-electron chi connectivity index (χ0n) is 12.7. The van der Waals surface area contributed by atoms with Crippen molar-refractivity contribution in [3.8, 4) is 0 Å². The lowest BCUT2D eigenvalue weighted by molar-refractivity contribution is 0.102. The number of H-pyrrole nitrogens is 2. The number of benzene rings is 2. The first-order valence-corrected chi connectivity index (χ1v) is 7.50. The maximum atomic E-state index is 12.4. The van der Waals surface area contributed by atoms with Crippen LogP contribution in [0.25, 0.3) is 10.9 Å². The lowest BCUT2D eigenvalue weighted by atomic mass is 10.1. The van der Waals surface area contributed by atoms with Crippen molar-refractivity contribution < 1.29 is 4.79 Å². The maximum Gasteiger partial charge on any atom is 0.259 e. The second-order valence-electron chi connectivity index (χ2n) is 5.44. The predicted octanol–water partition coefficient (Wildman–Crippen LogP) is 3.45. The molecule has 3 N–H and O–H groups in total. The molecule has 3 rings (SSSR count). The Bertz CT molecular complexity index is 1030. The minimum absolute atomic E-state index is 0.231. The molecule has 0 aliphatic heterocycles. The molecule has 6 heteroatoms. The third-order valence-electron chi connectivity index (χ3n) is 3.63. The van der Waals surface area contributed by atoms with Gasteiger partial charge in [-0.15, -0.1) is 0 Å². The molecule has 116 valence electrons. The molecule has 0 aliphatic carbocycles. The molecule has 5 nitrogen and oxygen atoms in total. The Hall–Kier alpha value is -2.73. The number of anilines is 1. The molecule has 0 radical (unpaired) electrons. The second kappa shape index (κ2) is 5.81. The van der Waals surface area contributed by atoms with Crippen LogP contribution in [-0.2, 0) is 0 Å². The van der Waals surface area contributed by atoms with Crippen LogP contribution >= 0.6 is 12.2 Å². The van der Waals surface area contributed by atoms with E-state index in [1.807, 2.05) is 32.0 Å². The fourth-order valence-corrected chi connectivity index (χ4v) is 2.66. The summed E-state index contributed by atoms with van der Waals surface area (Å²) in [5, 5.41) is 3.34. The third-order valence-corrected chi connectivity index (χ3v) is 3.84. The van der Waals surface area contributed by atoms with Crippen LogP contribution < -0.4 is 10.9 Å². The van der Waals surface area contributed by atoms with Crippen LogP contribution in [0, 0.1) is 18.6 Å². The number of aryl methyl sites for hydroxylation is 2. The van der Waals surface area contributed by atoms with E-state index in [0.717, 1.165) is 16.8 Å². The second-order valence-corrected chi connectivity index (χ2v) is 5.85. The van der Waals surface area contributed by atoms with Gasteiger partial charge in [-0.25, -0.2) is 0 Å². The molecular weight excluding hydrogens is 310 g/mol. The largest absolute Gasteiger partial charge is 0.332 e. The Morgan fingerprint density at radius 2 is 1.87 bits per heavy atom. The van der Waals surface area contributed by atoms with Crippen molar-refractivity contribution in [3.05, 3.63) is 68.2 Å². The monoisotopic (exact) mass is 325 g/mol. The van der Waals surface area contributed by atoms with Crippen LogP contribution in [0.4, 0.5) is 5.69 Å². The van der Waals surface area contributed by atoms with Gasteiger partial charge in [0.05, 0.1) is 10.9 Å². The van der Waals surface area contributed by atoms with Gasteiger partial charge in [0.25, 0.3) is 11.5 Å². The Kier molecular flexibility index (Phi) is 3.83. The van der Waals surface area contributed by atoms with E-state index in [1.165, 1.54) is 0 Å². The zero-order valence-corrected chi connectivity index (χ0v) is 13.5. The standard InChI is InChI=1S/C17H15N3O2S/c1-9-3-6-13(10(2)7-9)18-15(21)11-4-5-12-14(8-11)19-17(23)20-16(12)22/h3-8H,1-2H3,(H,18,21)(H2,19,20,22,23). The normalized spacial score (nSPS) is 10.7. The summed E-state index contributed by atoms with van der Waals surface area (Å²) in [6.45, 7) is 3.95. The Labute approximate surface area is 137 Å². The predicted molar refractivity (Wildman–Crippen MR) is 93.6 cm³/mol. The summed E-state index contributed by atoms with van der Waals surface area (Å²) in [5.74, 6) is -0.238. The molecule has 1 aromatic heterocycles. The summed E-state index contributed by atoms with van der Waals surface area (Å²) in [5.41, 5.74) is 3.61. The number of nitrogens with one attached hydrogen (secondary N) is 3. The van der Waals surface area contributed by atoms with E-state index in [0.29, 0.717) is 16.5 Å². The molecule has 0 unspecified atom stereocenters. The number of hydrogen-bond acceptors (Lipinski definition) is 3. The van der Waals surface area contributed by atoms with Crippen LogP contribution in [-0.4, -0.2) is 15.9 Å². The van der Waals surface area contributed by atoms with Gasteiger partial charge in [-0.1, -0.05) is 17.7 Å². The van der Waals surface area contributed by atoms with Gasteiger partial charge in [0.2, 0.25) is 0 Å². The number of carbonyl (C=O) groups excluding carboxylic acids is 1. The quantitative estimate of drug-likeness (QED) is 0.632. The molecule has 0 saturated heterocycles. The van der Waals surface area contributed by atoms with Crippen molar-refractivity contribution in [3.63, 3.8) is 0 Å². The van der Waals surface area contributed by atoms with Gasteiger partial charge in [0, 0.05) is 11.3 Å². The number of hydrogen-bond donors (Lipinski definition) is 3. The summed E-state index contributed by atoms with van der Waals surface area (Å²) in [4.78, 5) is 29.6. The van der Waals surface area contributed by atoms with Crippen LogP contribution in [0.2, 0.25) is 0 Å². The number of aromatic amines is 2. The van der Waals surface area contributed by atoms with Crippen LogP contribution in [0.5, 0.6) is 0 Å². The molecular formula is C17H15N3O2S. The lowest BCUT2D eigenvalue weighted by Crippen LogP contribution is -2.14. The van der Waals surface area contributed by atoms with Crippen molar-refractivity contribution in [1.82, 2.24) is 9.97 Å². The van der Waals surface area contributed by atoms with Gasteiger partial charge >= 0.3 is 0 Å². The highest BCUT2D eigenvalue weighted by Gasteiger charge is 2.10. The van der Waals surface area contributed by atoms with Crippen molar-refractivity contribution >= 4 is 34.7 Å². The summed E-state index contributed by atoms with van der Waals surface area (Å²) >= 11 is 4.96. The van der Waals surface area contributed by atoms with Gasteiger partial charge in [0.1, 0.15) is 0 Å². The van der Waals surface area contributed by atoms with Gasteiger partial charge in [-0.2, -0.15) is 0 Å². The van der Waals surface area contributed by atoms with Gasteiger partial charge in [0.15, 0.2) is 4.77 Å². The number of aromatic nitrogens is 2. The van der Waals surface area contributed by atoms with Crippen LogP contribution in [0.1, 0.15) is 21.5 Å². The van der Waals surface area contributed by atoms with Gasteiger partial charge in [-0.05, 0) is 55.9 Å². The first-order valence-electron chi connectivity index (χ1n) is 7.09. The molecule has 0 atom stereocenters. The molecule has 0 fully saturated rings. The zero-order chi connectivity index (χ0) is 16.6. The molecule has 2 aromatic carbocycles. The Balaban J connectivity index is 1.98. The number of fused-ring (bicyclic) bond motifs is 1. The van der Waals surface area contributed by atoms with Crippen molar-refractivity contribution in [1.29, 1.82) is 0 Å². The van der Waals surface area contributed by atoms with E-state index in [9.17, 15) is 9.59 Å². The maximum absolute atomic E-state index is 12.4. The topological polar surface area (TPSA) is 77.8 Å². The van der Waals surface area contributed by atoms with Gasteiger partial charge < -0.3 is 10.3 Å². The number of rotatable bonds is 2. The summed E-state index contributed by atoms with van der Waals surface area (Å²) in [7, 11) is 0. The van der Waals surface area contributed by atoms with E-state index in [4.69, 9.17) is 12.2 Å². The highest BCUT2D eigenvalue weighted by molar-refractivity contribution is 7.71. The Morgan fingerprint density at radius 1 is 1.09 bits per heavy atom. The molecule has 0 spiro atoms. The fraction of sp³-hybridized carbons (Fsp3) is 0.118. The smallest absolute Gasteiger partial charge is 0.259 e. The summed E-state index contributed by atoms with van der Waals surface area (Å²) in [6.07, 6.45) is 0. The summed E-state index contributed by atoms with van der Waals surface area (Å²) < 4.78 is 0.231. The van der Waals surface area contributed by atoms with Crippen molar-refractivity contribution in [2.24, 2.45) is 0 Å². The number of amides is 1.